The van der Waals surface area contributed by atoms with Crippen LogP contribution in [0.1, 0.15) is 27.3 Å². The van der Waals surface area contributed by atoms with Gasteiger partial charge in [-0.1, -0.05) is 53.6 Å². The van der Waals surface area contributed by atoms with Gasteiger partial charge in [0.1, 0.15) is 5.69 Å². The second-order valence-corrected chi connectivity index (χ2v) is 6.16. The van der Waals surface area contributed by atoms with Crippen molar-refractivity contribution in [1.29, 1.82) is 0 Å². The summed E-state index contributed by atoms with van der Waals surface area (Å²) in [6.07, 6.45) is 0. The van der Waals surface area contributed by atoms with Crippen molar-refractivity contribution in [3.63, 3.8) is 0 Å². The van der Waals surface area contributed by atoms with Crippen LogP contribution >= 0.6 is 11.6 Å². The maximum absolute atomic E-state index is 12.6. The van der Waals surface area contributed by atoms with Crippen molar-refractivity contribution in [2.24, 2.45) is 0 Å². The van der Waals surface area contributed by atoms with Crippen LogP contribution in [0.5, 0.6) is 0 Å². The van der Waals surface area contributed by atoms with E-state index in [1.807, 2.05) is 38.1 Å². The Bertz CT molecular complexity index is 869. The molecular formula is C19H18ClN3O. The van der Waals surface area contributed by atoms with Gasteiger partial charge in [0.15, 0.2) is 0 Å². The van der Waals surface area contributed by atoms with Crippen molar-refractivity contribution in [3.8, 4) is 0 Å². The first-order valence-electron chi connectivity index (χ1n) is 7.69. The highest BCUT2D eigenvalue weighted by Crippen LogP contribution is 2.21. The van der Waals surface area contributed by atoms with E-state index in [0.717, 1.165) is 11.3 Å². The standard InChI is InChI=1S/C19H18ClN3O/c1-13-7-9-15(10-8-13)12-23-18(11-14(2)22-23)19(24)21-17-6-4-3-5-16(17)20/h3-11H,12H2,1-2H3,(H,21,24). The summed E-state index contributed by atoms with van der Waals surface area (Å²) in [7, 11) is 0. The molecule has 0 bridgehead atoms. The lowest BCUT2D eigenvalue weighted by Gasteiger charge is -2.10. The molecule has 5 heteroatoms. The van der Waals surface area contributed by atoms with Crippen LogP contribution in [-0.2, 0) is 6.54 Å². The van der Waals surface area contributed by atoms with Crippen LogP contribution < -0.4 is 5.32 Å². The number of rotatable bonds is 4. The predicted octanol–water partition coefficient (Wildman–Crippen LogP) is 4.45. The van der Waals surface area contributed by atoms with Crippen LogP contribution in [0.15, 0.2) is 54.6 Å². The van der Waals surface area contributed by atoms with E-state index >= 15 is 0 Å². The van der Waals surface area contributed by atoms with Crippen molar-refractivity contribution in [3.05, 3.63) is 82.1 Å². The summed E-state index contributed by atoms with van der Waals surface area (Å²) < 4.78 is 1.71. The maximum atomic E-state index is 12.6. The predicted molar refractivity (Wildman–Crippen MR) is 96.7 cm³/mol. The normalized spacial score (nSPS) is 10.6. The average Bonchev–Trinajstić information content (AvgIpc) is 2.92. The Morgan fingerprint density at radius 2 is 1.83 bits per heavy atom. The van der Waals surface area contributed by atoms with Crippen molar-refractivity contribution >= 4 is 23.2 Å². The highest BCUT2D eigenvalue weighted by molar-refractivity contribution is 6.33. The van der Waals surface area contributed by atoms with Gasteiger partial charge in [0.2, 0.25) is 0 Å². The van der Waals surface area contributed by atoms with Crippen molar-refractivity contribution < 1.29 is 4.79 Å². The van der Waals surface area contributed by atoms with Gasteiger partial charge in [-0.25, -0.2) is 0 Å². The largest absolute Gasteiger partial charge is 0.319 e. The lowest BCUT2D eigenvalue weighted by atomic mass is 10.1. The zero-order chi connectivity index (χ0) is 17.1. The first-order chi connectivity index (χ1) is 11.5. The van der Waals surface area contributed by atoms with E-state index in [1.165, 1.54) is 5.56 Å². The minimum Gasteiger partial charge on any atom is -0.319 e. The van der Waals surface area contributed by atoms with Gasteiger partial charge in [-0.2, -0.15) is 5.10 Å². The summed E-state index contributed by atoms with van der Waals surface area (Å²) in [6, 6.07) is 17.1. The third-order valence-electron chi connectivity index (χ3n) is 3.71. The quantitative estimate of drug-likeness (QED) is 0.763. The van der Waals surface area contributed by atoms with Gasteiger partial charge < -0.3 is 5.32 Å². The molecule has 0 aliphatic carbocycles. The Balaban J connectivity index is 1.84. The number of aryl methyl sites for hydroxylation is 2. The number of aromatic nitrogens is 2. The molecular weight excluding hydrogens is 322 g/mol. The molecule has 3 rings (SSSR count). The van der Waals surface area contributed by atoms with Gasteiger partial charge in [0, 0.05) is 0 Å². The number of amides is 1. The SMILES string of the molecule is Cc1ccc(Cn2nc(C)cc2C(=O)Nc2ccccc2Cl)cc1. The molecule has 1 amide bonds. The highest BCUT2D eigenvalue weighted by Gasteiger charge is 2.15. The summed E-state index contributed by atoms with van der Waals surface area (Å²) in [5.74, 6) is -0.226. The zero-order valence-corrected chi connectivity index (χ0v) is 14.3. The lowest BCUT2D eigenvalue weighted by Crippen LogP contribution is -2.18. The van der Waals surface area contributed by atoms with Crippen molar-refractivity contribution in [1.82, 2.24) is 9.78 Å². The number of para-hydroxylation sites is 1. The maximum Gasteiger partial charge on any atom is 0.273 e. The molecule has 4 nitrogen and oxygen atoms in total. The molecule has 24 heavy (non-hydrogen) atoms. The van der Waals surface area contributed by atoms with E-state index in [4.69, 9.17) is 11.6 Å². The fraction of sp³-hybridized carbons (Fsp3) is 0.158. The molecule has 3 aromatic rings. The van der Waals surface area contributed by atoms with Crippen LogP contribution in [0.3, 0.4) is 0 Å². The van der Waals surface area contributed by atoms with Crippen LogP contribution in [-0.4, -0.2) is 15.7 Å². The van der Waals surface area contributed by atoms with Crippen molar-refractivity contribution in [2.75, 3.05) is 5.32 Å². The number of nitrogens with one attached hydrogen (secondary N) is 1. The smallest absolute Gasteiger partial charge is 0.273 e. The Labute approximate surface area is 146 Å². The number of hydrogen-bond acceptors (Lipinski definition) is 2. The molecule has 0 saturated carbocycles. The van der Waals surface area contributed by atoms with E-state index in [9.17, 15) is 4.79 Å². The van der Waals surface area contributed by atoms with E-state index in [1.54, 1.807) is 22.9 Å². The number of nitrogens with zero attached hydrogens (tertiary/aromatic N) is 2. The molecule has 0 spiro atoms. The summed E-state index contributed by atoms with van der Waals surface area (Å²) in [5, 5.41) is 7.79. The molecule has 122 valence electrons. The lowest BCUT2D eigenvalue weighted by molar-refractivity contribution is 0.101. The highest BCUT2D eigenvalue weighted by atomic mass is 35.5. The zero-order valence-electron chi connectivity index (χ0n) is 13.6. The number of carbonyl (C=O) groups is 1. The molecule has 1 N–H and O–H groups in total. The van der Waals surface area contributed by atoms with Gasteiger partial charge in [-0.15, -0.1) is 0 Å². The molecule has 2 aromatic carbocycles. The van der Waals surface area contributed by atoms with Gasteiger partial charge in [-0.05, 0) is 37.6 Å². The molecule has 1 aromatic heterocycles. The second kappa shape index (κ2) is 6.89. The van der Waals surface area contributed by atoms with Crippen molar-refractivity contribution in [2.45, 2.75) is 20.4 Å². The molecule has 0 aliphatic heterocycles. The third-order valence-corrected chi connectivity index (χ3v) is 4.04. The Morgan fingerprint density at radius 1 is 1.12 bits per heavy atom. The summed E-state index contributed by atoms with van der Waals surface area (Å²) >= 11 is 6.11. The number of anilines is 1. The van der Waals surface area contributed by atoms with Gasteiger partial charge in [-0.3, -0.25) is 9.48 Å². The van der Waals surface area contributed by atoms with Crippen LogP contribution in [0.2, 0.25) is 5.02 Å². The minimum atomic E-state index is -0.226. The Hall–Kier alpha value is -2.59. The third kappa shape index (κ3) is 3.66. The molecule has 0 aliphatic rings. The van der Waals surface area contributed by atoms with Gasteiger partial charge in [0.05, 0.1) is 22.9 Å². The molecule has 0 fully saturated rings. The summed E-state index contributed by atoms with van der Waals surface area (Å²) in [4.78, 5) is 12.6. The second-order valence-electron chi connectivity index (χ2n) is 5.75. The first kappa shape index (κ1) is 16.3. The Kier molecular flexibility index (Phi) is 4.67. The molecule has 0 atom stereocenters. The fourth-order valence-corrected chi connectivity index (χ4v) is 2.65. The fourth-order valence-electron chi connectivity index (χ4n) is 2.46. The van der Waals surface area contributed by atoms with E-state index < -0.39 is 0 Å². The Morgan fingerprint density at radius 3 is 2.54 bits per heavy atom. The monoisotopic (exact) mass is 339 g/mol. The van der Waals surface area contributed by atoms with Gasteiger partial charge >= 0.3 is 0 Å². The molecule has 0 unspecified atom stereocenters. The topological polar surface area (TPSA) is 46.9 Å². The van der Waals surface area contributed by atoms with E-state index in [2.05, 4.69) is 22.5 Å². The summed E-state index contributed by atoms with van der Waals surface area (Å²) in [5.41, 5.74) is 4.19. The average molecular weight is 340 g/mol. The first-order valence-corrected chi connectivity index (χ1v) is 8.06. The minimum absolute atomic E-state index is 0.226. The van der Waals surface area contributed by atoms with Crippen LogP contribution in [0.25, 0.3) is 0 Å². The van der Waals surface area contributed by atoms with Gasteiger partial charge in [0.25, 0.3) is 5.91 Å². The van der Waals surface area contributed by atoms with E-state index in [0.29, 0.717) is 22.9 Å². The van der Waals surface area contributed by atoms with Crippen LogP contribution in [0, 0.1) is 13.8 Å². The number of carbonyl (C=O) groups excluding carboxylic acids is 1. The number of benzene rings is 2. The van der Waals surface area contributed by atoms with E-state index in [-0.39, 0.29) is 5.91 Å². The number of halogens is 1. The number of hydrogen-bond donors (Lipinski definition) is 1. The molecule has 0 radical (unpaired) electrons. The molecule has 0 saturated heterocycles. The molecule has 1 heterocycles. The van der Waals surface area contributed by atoms with Crippen LogP contribution in [0.4, 0.5) is 5.69 Å². The summed E-state index contributed by atoms with van der Waals surface area (Å²) in [6.45, 7) is 4.46.